The summed E-state index contributed by atoms with van der Waals surface area (Å²) in [6.45, 7) is -0.785. The van der Waals surface area contributed by atoms with Gasteiger partial charge in [0, 0.05) is 22.8 Å². The number of carbonyl (C=O) groups excluding carboxylic acids is 2. The van der Waals surface area contributed by atoms with E-state index in [0.717, 1.165) is 24.3 Å². The van der Waals surface area contributed by atoms with Crippen LogP contribution in [0.3, 0.4) is 0 Å². The van der Waals surface area contributed by atoms with Gasteiger partial charge in [0.05, 0.1) is 4.92 Å². The number of anilines is 1. The fourth-order valence-electron chi connectivity index (χ4n) is 2.26. The lowest BCUT2D eigenvalue weighted by atomic mass is 10.2. The predicted octanol–water partition coefficient (Wildman–Crippen LogP) is 3.37. The first-order valence-electron chi connectivity index (χ1n) is 7.45. The number of hydrogen-bond acceptors (Lipinski definition) is 7. The fourth-order valence-corrected chi connectivity index (χ4v) is 2.44. The van der Waals surface area contributed by atoms with Crippen molar-refractivity contribution in [1.82, 2.24) is 0 Å². The molecule has 28 heavy (non-hydrogen) atoms. The molecule has 9 nitrogen and oxygen atoms in total. The number of ether oxygens (including phenoxy) is 3. The molecule has 0 atom stereocenters. The van der Waals surface area contributed by atoms with Crippen LogP contribution in [0.2, 0.25) is 5.02 Å². The minimum Gasteiger partial charge on any atom is -0.452 e. The van der Waals surface area contributed by atoms with Crippen molar-refractivity contribution >= 4 is 34.9 Å². The SMILES string of the molecule is O=C(COC(=O)c1cc(Cl)ccc1[N+](=O)[O-])Nc1ccc2c(c1)OC(F)(F)O2. The largest absolute Gasteiger partial charge is 0.586 e. The third kappa shape index (κ3) is 4.26. The fraction of sp³-hybridized carbons (Fsp3) is 0.125. The average molecular weight is 415 g/mol. The van der Waals surface area contributed by atoms with Gasteiger partial charge in [0.25, 0.3) is 11.6 Å². The zero-order chi connectivity index (χ0) is 20.5. The van der Waals surface area contributed by atoms with E-state index < -0.39 is 41.0 Å². The second kappa shape index (κ2) is 7.27. The van der Waals surface area contributed by atoms with Crippen molar-refractivity contribution in [3.8, 4) is 11.5 Å². The molecule has 1 N–H and O–H groups in total. The summed E-state index contributed by atoms with van der Waals surface area (Å²) in [5.41, 5.74) is -0.878. The molecule has 2 aromatic rings. The number of hydrogen-bond donors (Lipinski definition) is 1. The molecular formula is C16H9ClF2N2O7. The van der Waals surface area contributed by atoms with E-state index >= 15 is 0 Å². The molecule has 0 saturated carbocycles. The Hall–Kier alpha value is -3.47. The smallest absolute Gasteiger partial charge is 0.452 e. The maximum Gasteiger partial charge on any atom is 0.586 e. The monoisotopic (exact) mass is 414 g/mol. The zero-order valence-electron chi connectivity index (χ0n) is 13.6. The third-order valence-corrected chi connectivity index (χ3v) is 3.63. The zero-order valence-corrected chi connectivity index (χ0v) is 14.4. The van der Waals surface area contributed by atoms with Crippen LogP contribution in [0.15, 0.2) is 36.4 Å². The van der Waals surface area contributed by atoms with E-state index in [-0.39, 0.29) is 22.2 Å². The van der Waals surface area contributed by atoms with Gasteiger partial charge in [-0.15, -0.1) is 8.78 Å². The highest BCUT2D eigenvalue weighted by Crippen LogP contribution is 2.42. The summed E-state index contributed by atoms with van der Waals surface area (Å²) < 4.78 is 39.2. The summed E-state index contributed by atoms with van der Waals surface area (Å²) in [4.78, 5) is 34.1. The quantitative estimate of drug-likeness (QED) is 0.453. The van der Waals surface area contributed by atoms with E-state index in [1.165, 1.54) is 12.1 Å². The van der Waals surface area contributed by atoms with Crippen molar-refractivity contribution in [3.63, 3.8) is 0 Å². The first-order valence-corrected chi connectivity index (χ1v) is 7.83. The maximum atomic E-state index is 13.0. The Morgan fingerprint density at radius 2 is 1.89 bits per heavy atom. The van der Waals surface area contributed by atoms with E-state index in [1.54, 1.807) is 0 Å². The van der Waals surface area contributed by atoms with Gasteiger partial charge in [-0.3, -0.25) is 14.9 Å². The van der Waals surface area contributed by atoms with Crippen LogP contribution in [0, 0.1) is 10.1 Å². The second-order valence-electron chi connectivity index (χ2n) is 5.37. The van der Waals surface area contributed by atoms with Crippen molar-refractivity contribution in [3.05, 3.63) is 57.1 Å². The number of rotatable bonds is 5. The number of fused-ring (bicyclic) bond motifs is 1. The van der Waals surface area contributed by atoms with Crippen molar-refractivity contribution in [2.45, 2.75) is 6.29 Å². The molecule has 0 spiro atoms. The van der Waals surface area contributed by atoms with Crippen LogP contribution in [0.5, 0.6) is 11.5 Å². The Morgan fingerprint density at radius 3 is 2.61 bits per heavy atom. The number of halogens is 3. The molecule has 0 saturated heterocycles. The molecule has 1 aliphatic rings. The number of esters is 1. The topological polar surface area (TPSA) is 117 Å². The van der Waals surface area contributed by atoms with Crippen molar-refractivity contribution < 1.29 is 37.5 Å². The number of amides is 1. The van der Waals surface area contributed by atoms with Gasteiger partial charge in [0.1, 0.15) is 5.56 Å². The molecule has 1 heterocycles. The number of nitrogens with zero attached hydrogens (tertiary/aromatic N) is 1. The Bertz CT molecular complexity index is 983. The summed E-state index contributed by atoms with van der Waals surface area (Å²) in [6.07, 6.45) is -3.80. The lowest BCUT2D eigenvalue weighted by Gasteiger charge is -2.08. The number of alkyl halides is 2. The number of nitrogens with one attached hydrogen (secondary N) is 1. The van der Waals surface area contributed by atoms with Crippen LogP contribution in [0.25, 0.3) is 0 Å². The summed E-state index contributed by atoms with van der Waals surface area (Å²) in [6, 6.07) is 6.82. The summed E-state index contributed by atoms with van der Waals surface area (Å²) in [5.74, 6) is -2.43. The highest BCUT2D eigenvalue weighted by Gasteiger charge is 2.43. The minimum absolute atomic E-state index is 0.0687. The van der Waals surface area contributed by atoms with E-state index in [2.05, 4.69) is 14.8 Å². The van der Waals surface area contributed by atoms with Gasteiger partial charge in [0.15, 0.2) is 18.1 Å². The van der Waals surface area contributed by atoms with Crippen molar-refractivity contribution in [2.75, 3.05) is 11.9 Å². The standard InChI is InChI=1S/C16H9ClF2N2O7/c17-8-1-3-11(21(24)25)10(5-8)15(23)26-7-14(22)20-9-2-4-12-13(6-9)28-16(18,19)27-12/h1-6H,7H2,(H,20,22). The molecule has 3 rings (SSSR count). The van der Waals surface area contributed by atoms with E-state index in [4.69, 9.17) is 16.3 Å². The van der Waals surface area contributed by atoms with Crippen LogP contribution < -0.4 is 14.8 Å². The highest BCUT2D eigenvalue weighted by molar-refractivity contribution is 6.31. The Labute approximate surface area is 159 Å². The van der Waals surface area contributed by atoms with Crippen molar-refractivity contribution in [1.29, 1.82) is 0 Å². The van der Waals surface area contributed by atoms with Gasteiger partial charge in [-0.25, -0.2) is 4.79 Å². The molecule has 1 amide bonds. The Morgan fingerprint density at radius 1 is 1.18 bits per heavy atom. The van der Waals surface area contributed by atoms with Gasteiger partial charge in [0.2, 0.25) is 0 Å². The van der Waals surface area contributed by atoms with Gasteiger partial charge in [-0.2, -0.15) is 0 Å². The molecule has 12 heteroatoms. The first-order chi connectivity index (χ1) is 13.1. The Kier molecular flexibility index (Phi) is 5.01. The summed E-state index contributed by atoms with van der Waals surface area (Å²) in [7, 11) is 0. The Balaban J connectivity index is 1.62. The summed E-state index contributed by atoms with van der Waals surface area (Å²) in [5, 5.41) is 13.3. The molecular weight excluding hydrogens is 406 g/mol. The van der Waals surface area contributed by atoms with E-state index in [1.807, 2.05) is 0 Å². The highest BCUT2D eigenvalue weighted by atomic mass is 35.5. The number of benzene rings is 2. The number of nitro benzene ring substituents is 1. The second-order valence-corrected chi connectivity index (χ2v) is 5.81. The number of carbonyl (C=O) groups is 2. The first kappa shape index (κ1) is 19.3. The summed E-state index contributed by atoms with van der Waals surface area (Å²) >= 11 is 5.72. The molecule has 0 bridgehead atoms. The van der Waals surface area contributed by atoms with E-state index in [9.17, 15) is 28.5 Å². The molecule has 1 aliphatic heterocycles. The van der Waals surface area contributed by atoms with Crippen LogP contribution >= 0.6 is 11.6 Å². The molecule has 2 aromatic carbocycles. The lowest BCUT2D eigenvalue weighted by molar-refractivity contribution is -0.385. The van der Waals surface area contributed by atoms with Crippen LogP contribution in [0.4, 0.5) is 20.2 Å². The molecule has 0 radical (unpaired) electrons. The average Bonchev–Trinajstić information content (AvgIpc) is 2.92. The van der Waals surface area contributed by atoms with Gasteiger partial charge >= 0.3 is 12.3 Å². The normalized spacial score (nSPS) is 13.7. The maximum absolute atomic E-state index is 13.0. The van der Waals surface area contributed by atoms with Gasteiger partial charge in [-0.05, 0) is 24.3 Å². The molecule has 0 unspecified atom stereocenters. The lowest BCUT2D eigenvalue weighted by Crippen LogP contribution is -2.25. The molecule has 0 fully saturated rings. The van der Waals surface area contributed by atoms with Crippen LogP contribution in [-0.4, -0.2) is 29.7 Å². The molecule has 0 aromatic heterocycles. The van der Waals surface area contributed by atoms with Crippen molar-refractivity contribution in [2.24, 2.45) is 0 Å². The van der Waals surface area contributed by atoms with Gasteiger partial charge in [-0.1, -0.05) is 11.6 Å². The van der Waals surface area contributed by atoms with Crippen LogP contribution in [0.1, 0.15) is 10.4 Å². The van der Waals surface area contributed by atoms with E-state index in [0.29, 0.717) is 0 Å². The minimum atomic E-state index is -3.80. The van der Waals surface area contributed by atoms with Gasteiger partial charge < -0.3 is 19.5 Å². The molecule has 0 aliphatic carbocycles. The number of nitro groups is 1. The third-order valence-electron chi connectivity index (χ3n) is 3.39. The predicted molar refractivity (Wildman–Crippen MR) is 89.7 cm³/mol. The van der Waals surface area contributed by atoms with Crippen LogP contribution in [-0.2, 0) is 9.53 Å². The molecule has 146 valence electrons.